The van der Waals surface area contributed by atoms with Crippen molar-refractivity contribution in [3.8, 4) is 17.0 Å². The number of ether oxygens (including phenoxy) is 2. The van der Waals surface area contributed by atoms with E-state index in [9.17, 15) is 13.4 Å². The van der Waals surface area contributed by atoms with Gasteiger partial charge in [-0.15, -0.1) is 4.36 Å². The first-order valence-corrected chi connectivity index (χ1v) is 12.0. The SMILES string of the molecule is C=NN1CCCO/C1=C(/C)S(N)(=O)=NC(=O)Nc1c(-c2ccnc(OC)c2)ccc(F)c1CC. The zero-order chi connectivity index (χ0) is 24.9. The Balaban J connectivity index is 2.04. The number of nitrogens with one attached hydrogen (secondary N) is 1. The highest BCUT2D eigenvalue weighted by Gasteiger charge is 2.24. The second-order valence-electron chi connectivity index (χ2n) is 7.31. The smallest absolute Gasteiger partial charge is 0.354 e. The molecule has 3 rings (SSSR count). The number of allylic oxidation sites excluding steroid dienone is 1. The molecule has 1 saturated heterocycles. The average Bonchev–Trinajstić information content (AvgIpc) is 2.83. The Bertz CT molecular complexity index is 1260. The van der Waals surface area contributed by atoms with Crippen LogP contribution in [0, 0.1) is 5.82 Å². The van der Waals surface area contributed by atoms with E-state index in [1.165, 1.54) is 37.4 Å². The van der Waals surface area contributed by atoms with Gasteiger partial charge in [0.05, 0.1) is 24.3 Å². The molecule has 3 N–H and O–H groups in total. The highest BCUT2D eigenvalue weighted by molar-refractivity contribution is 7.95. The molecule has 1 aliphatic heterocycles. The van der Waals surface area contributed by atoms with Gasteiger partial charge in [0.2, 0.25) is 11.8 Å². The largest absolute Gasteiger partial charge is 0.481 e. The van der Waals surface area contributed by atoms with Crippen LogP contribution in [0.2, 0.25) is 0 Å². The molecule has 0 saturated carbocycles. The normalized spacial score (nSPS) is 16.7. The lowest BCUT2D eigenvalue weighted by Gasteiger charge is -2.28. The molecule has 34 heavy (non-hydrogen) atoms. The van der Waals surface area contributed by atoms with E-state index in [0.717, 1.165) is 0 Å². The lowest BCUT2D eigenvalue weighted by atomic mass is 9.99. The first-order chi connectivity index (χ1) is 16.2. The highest BCUT2D eigenvalue weighted by atomic mass is 32.2. The lowest BCUT2D eigenvalue weighted by molar-refractivity contribution is 0.0656. The fourth-order valence-corrected chi connectivity index (χ4v) is 4.31. The van der Waals surface area contributed by atoms with Crippen molar-refractivity contribution in [1.29, 1.82) is 0 Å². The number of aromatic nitrogens is 1. The summed E-state index contributed by atoms with van der Waals surface area (Å²) in [5.74, 6) is -0.00513. The van der Waals surface area contributed by atoms with Crippen molar-refractivity contribution in [3.05, 3.63) is 52.6 Å². The summed E-state index contributed by atoms with van der Waals surface area (Å²) in [6.45, 7) is 7.54. The molecule has 2 heterocycles. The van der Waals surface area contributed by atoms with Crippen LogP contribution in [0.25, 0.3) is 11.1 Å². The summed E-state index contributed by atoms with van der Waals surface area (Å²) in [5, 5.41) is 13.7. The van der Waals surface area contributed by atoms with Crippen LogP contribution in [0.5, 0.6) is 5.88 Å². The number of anilines is 1. The molecule has 0 spiro atoms. The Kier molecular flexibility index (Phi) is 7.84. The summed E-state index contributed by atoms with van der Waals surface area (Å²) in [4.78, 5) is 17.0. The van der Waals surface area contributed by atoms with Crippen LogP contribution >= 0.6 is 0 Å². The van der Waals surface area contributed by atoms with Crippen molar-refractivity contribution in [2.24, 2.45) is 14.6 Å². The van der Waals surface area contributed by atoms with Crippen molar-refractivity contribution < 1.29 is 22.9 Å². The van der Waals surface area contributed by atoms with Crippen LogP contribution < -0.4 is 15.2 Å². The molecular weight excluding hydrogens is 463 g/mol. The Hall–Kier alpha value is -3.51. The monoisotopic (exact) mass is 490 g/mol. The van der Waals surface area contributed by atoms with E-state index in [4.69, 9.17) is 14.6 Å². The molecule has 0 bridgehead atoms. The number of halogens is 1. The molecule has 1 atom stereocenters. The number of urea groups is 1. The minimum atomic E-state index is -3.68. The van der Waals surface area contributed by atoms with Gasteiger partial charge in [0.15, 0.2) is 0 Å². The number of rotatable bonds is 6. The molecule has 10 nitrogen and oxygen atoms in total. The maximum atomic E-state index is 14.6. The summed E-state index contributed by atoms with van der Waals surface area (Å²) in [6, 6.07) is 5.18. The molecule has 1 unspecified atom stereocenters. The third kappa shape index (κ3) is 5.34. The number of hydrazone groups is 1. The van der Waals surface area contributed by atoms with E-state index < -0.39 is 21.8 Å². The number of nitrogens with zero attached hydrogens (tertiary/aromatic N) is 4. The van der Waals surface area contributed by atoms with Gasteiger partial charge in [0.1, 0.15) is 15.7 Å². The topological polar surface area (TPSA) is 132 Å². The first kappa shape index (κ1) is 25.1. The molecule has 182 valence electrons. The second kappa shape index (κ2) is 10.6. The van der Waals surface area contributed by atoms with Crippen LogP contribution in [0.1, 0.15) is 25.8 Å². The van der Waals surface area contributed by atoms with Gasteiger partial charge < -0.3 is 14.8 Å². The Morgan fingerprint density at radius 3 is 2.88 bits per heavy atom. The van der Waals surface area contributed by atoms with Crippen molar-refractivity contribution in [2.45, 2.75) is 26.7 Å². The van der Waals surface area contributed by atoms with Gasteiger partial charge in [-0.05, 0) is 37.1 Å². The van der Waals surface area contributed by atoms with Gasteiger partial charge in [-0.1, -0.05) is 6.92 Å². The van der Waals surface area contributed by atoms with Gasteiger partial charge in [0.25, 0.3) is 0 Å². The number of hydrogen-bond donors (Lipinski definition) is 2. The van der Waals surface area contributed by atoms with Crippen molar-refractivity contribution in [2.75, 3.05) is 25.6 Å². The zero-order valence-electron chi connectivity index (χ0n) is 19.2. The summed E-state index contributed by atoms with van der Waals surface area (Å²) in [7, 11) is -2.20. The minimum Gasteiger partial charge on any atom is -0.481 e. The molecule has 1 aliphatic rings. The third-order valence-corrected chi connectivity index (χ3v) is 6.70. The lowest BCUT2D eigenvalue weighted by Crippen LogP contribution is -2.30. The first-order valence-electron chi connectivity index (χ1n) is 10.5. The number of nitrogens with two attached hydrogens (primary N) is 1. The fourth-order valence-electron chi connectivity index (χ4n) is 3.46. The fraction of sp³-hybridized carbons (Fsp3) is 0.318. The van der Waals surface area contributed by atoms with Crippen LogP contribution in [-0.2, 0) is 21.1 Å². The molecule has 2 amide bonds. The Morgan fingerprint density at radius 2 is 2.21 bits per heavy atom. The van der Waals surface area contributed by atoms with Crippen molar-refractivity contribution in [1.82, 2.24) is 9.99 Å². The Labute approximate surface area is 198 Å². The predicted octanol–water partition coefficient (Wildman–Crippen LogP) is 3.86. The number of pyridine rings is 1. The Morgan fingerprint density at radius 1 is 1.44 bits per heavy atom. The molecular formula is C22H27FN6O4S. The molecule has 1 fully saturated rings. The molecule has 0 aliphatic carbocycles. The summed E-state index contributed by atoms with van der Waals surface area (Å²) in [5.41, 5.74) is 1.59. The standard InChI is InChI=1S/C22H27FN6O4S/c1-5-16-18(23)8-7-17(15-9-10-26-19(13-15)32-4)20(16)27-22(30)28-34(24,31)14(2)21-29(25-3)11-6-12-33-21/h7-10,13H,3,5-6,11-12H2,1-2,4H3,(H3,24,27,28,30,31)/b21-14-. The van der Waals surface area contributed by atoms with Gasteiger partial charge in [0, 0.05) is 43.1 Å². The third-order valence-electron chi connectivity index (χ3n) is 5.21. The van der Waals surface area contributed by atoms with Gasteiger partial charge in [-0.25, -0.2) is 28.5 Å². The van der Waals surface area contributed by atoms with E-state index >= 15 is 0 Å². The number of carbonyl (C=O) groups excluding carboxylic acids is 1. The van der Waals surface area contributed by atoms with Gasteiger partial charge in [-0.2, -0.15) is 5.10 Å². The van der Waals surface area contributed by atoms with E-state index in [0.29, 0.717) is 36.6 Å². The molecule has 0 radical (unpaired) electrons. The van der Waals surface area contributed by atoms with E-state index in [-0.39, 0.29) is 28.5 Å². The quantitative estimate of drug-likeness (QED) is 0.591. The molecule has 1 aromatic heterocycles. The summed E-state index contributed by atoms with van der Waals surface area (Å²) in [6.07, 6.45) is 2.51. The van der Waals surface area contributed by atoms with Crippen LogP contribution in [0.3, 0.4) is 0 Å². The van der Waals surface area contributed by atoms with Crippen LogP contribution in [0.15, 0.2) is 50.7 Å². The summed E-state index contributed by atoms with van der Waals surface area (Å²) < 4.78 is 42.1. The number of hydrogen-bond acceptors (Lipinski definition) is 7. The maximum absolute atomic E-state index is 14.6. The number of amides is 2. The highest BCUT2D eigenvalue weighted by Crippen LogP contribution is 2.34. The molecule has 2 aromatic rings. The van der Waals surface area contributed by atoms with E-state index in [1.54, 1.807) is 19.1 Å². The molecule has 1 aromatic carbocycles. The molecule has 12 heteroatoms. The van der Waals surface area contributed by atoms with E-state index in [2.05, 4.69) is 26.5 Å². The van der Waals surface area contributed by atoms with Crippen molar-refractivity contribution >= 4 is 28.4 Å². The van der Waals surface area contributed by atoms with Gasteiger partial charge >= 0.3 is 6.03 Å². The van der Waals surface area contributed by atoms with Crippen molar-refractivity contribution in [3.63, 3.8) is 0 Å². The zero-order valence-corrected chi connectivity index (χ0v) is 20.0. The number of benzene rings is 1. The maximum Gasteiger partial charge on any atom is 0.354 e. The van der Waals surface area contributed by atoms with Crippen LogP contribution in [-0.4, -0.2) is 47.2 Å². The second-order valence-corrected chi connectivity index (χ2v) is 9.24. The summed E-state index contributed by atoms with van der Waals surface area (Å²) >= 11 is 0. The van der Waals surface area contributed by atoms with E-state index in [1.807, 2.05) is 0 Å². The van der Waals surface area contributed by atoms with Crippen LogP contribution in [0.4, 0.5) is 14.9 Å². The average molecular weight is 491 g/mol. The van der Waals surface area contributed by atoms with Gasteiger partial charge in [-0.3, -0.25) is 0 Å². The predicted molar refractivity (Wildman–Crippen MR) is 129 cm³/mol. The number of methoxy groups -OCH3 is 1. The number of carbonyl (C=O) groups is 1. The minimum absolute atomic E-state index is 0.0452.